The Balaban J connectivity index is 0.000000765. The number of hydrogen-bond donors (Lipinski definition) is 6. The summed E-state index contributed by atoms with van der Waals surface area (Å²) in [7, 11) is 3.42. The summed E-state index contributed by atoms with van der Waals surface area (Å²) in [6, 6.07) is 67.3. The van der Waals surface area contributed by atoms with Gasteiger partial charge in [0.15, 0.2) is 17.3 Å². The van der Waals surface area contributed by atoms with Crippen LogP contribution in [0.25, 0.3) is 45.0 Å². The number of carbonyl (C=O) groups excluding carboxylic acids is 7. The van der Waals surface area contributed by atoms with Crippen molar-refractivity contribution in [2.75, 3.05) is 41.1 Å². The van der Waals surface area contributed by atoms with Crippen molar-refractivity contribution in [3.8, 4) is 51.1 Å². The number of carbonyl (C=O) groups is 7. The number of anilines is 5. The number of ketones is 1. The third-order valence-corrected chi connectivity index (χ3v) is 17.2. The number of nitrogen functional groups attached to an aromatic ring is 1. The molecule has 6 amide bonds. The highest BCUT2D eigenvalue weighted by Crippen LogP contribution is 2.27. The Hall–Kier alpha value is -14.1. The summed E-state index contributed by atoms with van der Waals surface area (Å²) >= 11 is 0. The quantitative estimate of drug-likeness (QED) is 0.0489. The molecule has 23 nitrogen and oxygen atoms in total. The van der Waals surface area contributed by atoms with Crippen molar-refractivity contribution in [1.82, 2.24) is 50.1 Å². The lowest BCUT2D eigenvalue weighted by Gasteiger charge is -2.26. The van der Waals surface area contributed by atoms with E-state index in [4.69, 9.17) is 11.0 Å². The van der Waals surface area contributed by atoms with Crippen LogP contribution in [0.15, 0.2) is 243 Å². The summed E-state index contributed by atoms with van der Waals surface area (Å²) in [6.07, 6.45) is 10.8. The van der Waals surface area contributed by atoms with Gasteiger partial charge < -0.3 is 37.2 Å². The van der Waals surface area contributed by atoms with Gasteiger partial charge in [-0.2, -0.15) is 5.26 Å². The molecule has 23 heteroatoms. The number of nitrogens with two attached hydrogens (primary N) is 1. The van der Waals surface area contributed by atoms with Crippen molar-refractivity contribution in [3.05, 3.63) is 305 Å². The number of rotatable bonds is 16. The molecular formula is C85H96N16O7. The van der Waals surface area contributed by atoms with Crippen LogP contribution >= 0.6 is 0 Å². The van der Waals surface area contributed by atoms with Crippen LogP contribution in [0.3, 0.4) is 0 Å². The summed E-state index contributed by atoms with van der Waals surface area (Å²) in [5.74, 6) is -0.702. The lowest BCUT2D eigenvalue weighted by molar-refractivity contribution is 0.0826. The smallest absolute Gasteiger partial charge is 0.278 e. The van der Waals surface area contributed by atoms with Crippen molar-refractivity contribution < 1.29 is 46.4 Å². The van der Waals surface area contributed by atoms with Gasteiger partial charge in [0.1, 0.15) is 17.1 Å². The van der Waals surface area contributed by atoms with E-state index >= 15 is 0 Å². The zero-order valence-corrected chi connectivity index (χ0v) is 60.5. The van der Waals surface area contributed by atoms with Crippen LogP contribution in [-0.2, 0) is 0 Å². The number of nitrogens with one attached hydrogen (secondary N) is 5. The second-order valence-electron chi connectivity index (χ2n) is 25.4. The van der Waals surface area contributed by atoms with E-state index in [0.29, 0.717) is 84.9 Å². The standard InChI is InChI=1S/C26H28N4O2.C21H20N4O2.C20H17N3O2.C18H13N5O.9H2/c1-17-8-14-22(15-9-17)28-25(31)20-12-10-19(11-13-20)23-16-27-18(2)24(30-23)26(32)29-21-6-4-3-5-7-21;1-14-19(20(26)23-17-7-5-4-6-8-17)24-18(13-22-14)15-9-11-16(12-10-15)21(27)25(2)3;1-13-19(20(25)22-17-9-4-3-5-10-17)23-18(12-21-13)16-8-6-7-15(11-16)14(2)24;19-10-12-6-8-13(9-7-12)15-11-21-17(20)16(23-15)18(24)22-14-4-2-1-3-5-14;;;;;;;;;/h3-7,10-13,16-17,22H,8-9,14-15H2,1-2H3,(H,28,31)(H,29,32);4-13H,1-3H3,(H,23,26);3-12H,1-2H3,(H,22,25);1-9,11H,(H2,20,21)(H,22,24);9*1H. The third kappa shape index (κ3) is 21.0. The lowest BCUT2D eigenvalue weighted by Crippen LogP contribution is -2.37. The second-order valence-corrected chi connectivity index (χ2v) is 25.4. The number of nitrogens with zero attached hydrogens (tertiary/aromatic N) is 10. The van der Waals surface area contributed by atoms with Gasteiger partial charge in [-0.15, -0.1) is 0 Å². The Morgan fingerprint density at radius 3 is 1.15 bits per heavy atom. The molecule has 13 rings (SSSR count). The van der Waals surface area contributed by atoms with Crippen molar-refractivity contribution in [2.45, 2.75) is 66.3 Å². The third-order valence-electron chi connectivity index (χ3n) is 17.2. The average Bonchev–Trinajstić information content (AvgIpc) is 0.832. The van der Waals surface area contributed by atoms with Crippen LogP contribution in [0.4, 0.5) is 28.6 Å². The molecule has 0 atom stereocenters. The molecular weight excluding hydrogens is 1360 g/mol. The van der Waals surface area contributed by atoms with Gasteiger partial charge in [0.25, 0.3) is 35.4 Å². The Morgan fingerprint density at radius 1 is 0.417 bits per heavy atom. The fourth-order valence-corrected chi connectivity index (χ4v) is 11.1. The minimum absolute atomic E-state index is 0. The molecule has 0 saturated heterocycles. The first-order valence-electron chi connectivity index (χ1n) is 34.6. The van der Waals surface area contributed by atoms with Crippen molar-refractivity contribution in [2.24, 2.45) is 5.92 Å². The number of aryl methyl sites for hydroxylation is 3. The molecule has 0 bridgehead atoms. The molecule has 7 N–H and O–H groups in total. The minimum Gasteiger partial charge on any atom is -0.382 e. The highest BCUT2D eigenvalue weighted by Gasteiger charge is 2.23. The van der Waals surface area contributed by atoms with Crippen molar-refractivity contribution >= 4 is 69.8 Å². The number of Topliss-reactive ketones (excluding diaryl/α,β-unsaturated/α-hetero) is 1. The molecule has 0 aliphatic heterocycles. The molecule has 1 fully saturated rings. The Morgan fingerprint density at radius 2 is 0.769 bits per heavy atom. The van der Waals surface area contributed by atoms with E-state index in [9.17, 15) is 33.6 Å². The van der Waals surface area contributed by atoms with Gasteiger partial charge in [-0.25, -0.2) is 24.9 Å². The average molecular weight is 1450 g/mol. The first-order chi connectivity index (χ1) is 52.2. The van der Waals surface area contributed by atoms with Gasteiger partial charge in [0, 0.05) is 94.7 Å². The molecule has 0 radical (unpaired) electrons. The van der Waals surface area contributed by atoms with E-state index in [0.717, 1.165) is 53.9 Å². The van der Waals surface area contributed by atoms with Crippen LogP contribution in [0.1, 0.15) is 148 Å². The van der Waals surface area contributed by atoms with E-state index in [1.54, 1.807) is 157 Å². The molecule has 0 unspecified atom stereocenters. The zero-order chi connectivity index (χ0) is 76.6. The maximum atomic E-state index is 12.7. The SMILES string of the molecule is CC(=O)c1cccc(-c2cnc(C)c(C(=O)Nc3ccccc3)n2)c1.Cc1ncc(-c2ccc(C(=O)N(C)C)cc2)nc1C(=O)Nc1ccccc1.Cc1ncc(-c2ccc(C(=O)NC3CCC(C)CC3)cc2)nc1C(=O)Nc1ccccc1.N#Cc1ccc(-c2cnc(N)c(C(=O)Nc3ccccc3)n2)cc1.[HH].[HH].[HH].[HH].[HH].[HH].[HH].[HH].[HH]. The fourth-order valence-electron chi connectivity index (χ4n) is 11.1. The van der Waals surface area contributed by atoms with Crippen LogP contribution in [0, 0.1) is 38.0 Å². The maximum absolute atomic E-state index is 12.7. The summed E-state index contributed by atoms with van der Waals surface area (Å²) < 4.78 is 0. The fraction of sp³-hybridized carbons (Fsp3) is 0.153. The molecule has 1 saturated carbocycles. The van der Waals surface area contributed by atoms with E-state index in [1.807, 2.05) is 115 Å². The molecule has 108 heavy (non-hydrogen) atoms. The zero-order valence-electron chi connectivity index (χ0n) is 60.5. The molecule has 8 aromatic carbocycles. The monoisotopic (exact) mass is 1450 g/mol. The number of nitriles is 1. The van der Waals surface area contributed by atoms with Crippen molar-refractivity contribution in [3.63, 3.8) is 0 Å². The summed E-state index contributed by atoms with van der Waals surface area (Å²) in [4.78, 5) is 123. The lowest BCUT2D eigenvalue weighted by atomic mass is 9.87. The molecule has 0 spiro atoms. The largest absolute Gasteiger partial charge is 0.382 e. The Labute approximate surface area is 638 Å². The summed E-state index contributed by atoms with van der Waals surface area (Å²) in [5, 5.41) is 23.2. The molecule has 4 heterocycles. The summed E-state index contributed by atoms with van der Waals surface area (Å²) in [5.41, 5.74) is 18.7. The van der Waals surface area contributed by atoms with Gasteiger partial charge >= 0.3 is 0 Å². The predicted octanol–water partition coefficient (Wildman–Crippen LogP) is 17.4. The highest BCUT2D eigenvalue weighted by atomic mass is 16.2. The number of aromatic nitrogens is 8. The van der Waals surface area contributed by atoms with Gasteiger partial charge in [-0.1, -0.05) is 134 Å². The molecule has 1 aliphatic carbocycles. The van der Waals surface area contributed by atoms with Gasteiger partial charge in [0.05, 0.1) is 76.3 Å². The molecule has 4 aromatic heterocycles. The number of amides is 6. The van der Waals surface area contributed by atoms with Crippen LogP contribution in [0.5, 0.6) is 0 Å². The first kappa shape index (κ1) is 76.5. The van der Waals surface area contributed by atoms with Crippen molar-refractivity contribution in [1.29, 1.82) is 5.26 Å². The first-order valence-corrected chi connectivity index (χ1v) is 34.6. The molecule has 1 aliphatic rings. The van der Waals surface area contributed by atoms with Gasteiger partial charge in [-0.05, 0) is 150 Å². The van der Waals surface area contributed by atoms with Gasteiger partial charge in [0.2, 0.25) is 0 Å². The topological polar surface area (TPSA) is 336 Å². The highest BCUT2D eigenvalue weighted by molar-refractivity contribution is 6.07. The van der Waals surface area contributed by atoms with E-state index < -0.39 is 5.91 Å². The summed E-state index contributed by atoms with van der Waals surface area (Å²) in [6.45, 7) is 9.02. The Bertz CT molecular complexity index is 5260. The predicted molar refractivity (Wildman–Crippen MR) is 437 cm³/mol. The van der Waals surface area contributed by atoms with Crippen LogP contribution in [-0.4, -0.2) is 106 Å². The Kier molecular flexibility index (Phi) is 26.1. The van der Waals surface area contributed by atoms with E-state index in [-0.39, 0.29) is 82.8 Å². The molecule has 558 valence electrons. The normalized spacial score (nSPS) is 12.5. The van der Waals surface area contributed by atoms with E-state index in [2.05, 4.69) is 79.4 Å². The molecule has 12 aromatic rings. The number of para-hydroxylation sites is 4. The van der Waals surface area contributed by atoms with E-state index in [1.165, 1.54) is 18.0 Å². The number of hydrogen-bond acceptors (Lipinski definition) is 17. The van der Waals surface area contributed by atoms with Crippen LogP contribution in [0.2, 0.25) is 0 Å². The minimum atomic E-state index is -0.429. The number of benzene rings is 8. The maximum Gasteiger partial charge on any atom is 0.278 e. The second kappa shape index (κ2) is 36.8. The van der Waals surface area contributed by atoms with Crippen LogP contribution < -0.4 is 32.3 Å². The van der Waals surface area contributed by atoms with Gasteiger partial charge in [-0.3, -0.25) is 48.5 Å².